The molecule has 0 aromatic carbocycles. The van der Waals surface area contributed by atoms with Crippen molar-refractivity contribution in [2.75, 3.05) is 0 Å². The third kappa shape index (κ3) is 2.33. The maximum Gasteiger partial charge on any atom is 0.155 e. The molecule has 6 heteroatoms. The molecular weight excluding hydrogens is 318 g/mol. The zero-order valence-corrected chi connectivity index (χ0v) is 12.2. The Morgan fingerprint density at radius 1 is 1.44 bits per heavy atom. The number of rotatable bonds is 3. The van der Waals surface area contributed by atoms with Crippen molar-refractivity contribution >= 4 is 33.8 Å². The number of hydrogen-bond donors (Lipinski definition) is 0. The number of pyridine rings is 1. The average Bonchev–Trinajstić information content (AvgIpc) is 2.67. The molecule has 18 heavy (non-hydrogen) atoms. The van der Waals surface area contributed by atoms with Crippen LogP contribution in [-0.2, 0) is 0 Å². The molecule has 0 spiro atoms. The second-order valence-electron chi connectivity index (χ2n) is 4.11. The van der Waals surface area contributed by atoms with Crippen LogP contribution in [-0.4, -0.2) is 21.1 Å². The summed E-state index contributed by atoms with van der Waals surface area (Å²) in [4.78, 5) is 15.3. The van der Waals surface area contributed by atoms with Crippen molar-refractivity contribution in [3.05, 3.63) is 39.2 Å². The summed E-state index contributed by atoms with van der Waals surface area (Å²) in [5.41, 5.74) is 1.11. The molecule has 0 radical (unpaired) electrons. The first-order chi connectivity index (χ1) is 8.54. The van der Waals surface area contributed by atoms with Crippen LogP contribution >= 0.6 is 27.5 Å². The monoisotopic (exact) mass is 327 g/mol. The average molecular weight is 329 g/mol. The van der Waals surface area contributed by atoms with E-state index in [9.17, 15) is 4.79 Å². The van der Waals surface area contributed by atoms with Crippen LogP contribution in [0, 0.1) is 0 Å². The van der Waals surface area contributed by atoms with E-state index in [0.717, 1.165) is 10.8 Å². The molecule has 2 aromatic rings. The van der Waals surface area contributed by atoms with E-state index in [1.54, 1.807) is 12.3 Å². The molecular formula is C12H11BrClN3O. The van der Waals surface area contributed by atoms with Crippen LogP contribution < -0.4 is 0 Å². The number of hydrogen-bond acceptors (Lipinski definition) is 3. The number of nitrogens with zero attached hydrogens (tertiary/aromatic N) is 3. The molecule has 2 aromatic heterocycles. The first-order valence-corrected chi connectivity index (χ1v) is 6.57. The fraction of sp³-hybridized carbons (Fsp3) is 0.250. The molecule has 0 N–H and O–H groups in total. The standard InChI is InChI=1S/C12H11BrClN3O/c1-7(2)11-9(6-18)12(14)17(16-11)10-4-3-8(13)5-15-10/h3-7H,1-2H3. The van der Waals surface area contributed by atoms with Gasteiger partial charge < -0.3 is 0 Å². The van der Waals surface area contributed by atoms with Gasteiger partial charge in [0.1, 0.15) is 5.15 Å². The predicted octanol–water partition coefficient (Wildman–Crippen LogP) is 3.62. The van der Waals surface area contributed by atoms with Gasteiger partial charge in [0.05, 0.1) is 11.3 Å². The lowest BCUT2D eigenvalue weighted by Gasteiger charge is -2.02. The minimum Gasteiger partial charge on any atom is -0.298 e. The van der Waals surface area contributed by atoms with E-state index in [4.69, 9.17) is 11.6 Å². The van der Waals surface area contributed by atoms with Crippen molar-refractivity contribution in [2.24, 2.45) is 0 Å². The fourth-order valence-electron chi connectivity index (χ4n) is 1.61. The number of carbonyl (C=O) groups excluding carboxylic acids is 1. The fourth-order valence-corrected chi connectivity index (χ4v) is 2.11. The molecule has 4 nitrogen and oxygen atoms in total. The Morgan fingerprint density at radius 2 is 2.17 bits per heavy atom. The van der Waals surface area contributed by atoms with Crippen LogP contribution in [0.5, 0.6) is 0 Å². The minimum atomic E-state index is 0.124. The van der Waals surface area contributed by atoms with Gasteiger partial charge in [0.2, 0.25) is 0 Å². The molecule has 0 unspecified atom stereocenters. The summed E-state index contributed by atoms with van der Waals surface area (Å²) >= 11 is 9.48. The second kappa shape index (κ2) is 5.20. The van der Waals surface area contributed by atoms with Gasteiger partial charge in [-0.05, 0) is 34.0 Å². The third-order valence-electron chi connectivity index (χ3n) is 2.49. The van der Waals surface area contributed by atoms with Crippen molar-refractivity contribution < 1.29 is 4.79 Å². The van der Waals surface area contributed by atoms with Crippen LogP contribution in [0.2, 0.25) is 5.15 Å². The van der Waals surface area contributed by atoms with E-state index in [1.165, 1.54) is 4.68 Å². The normalized spacial score (nSPS) is 10.9. The summed E-state index contributed by atoms with van der Waals surface area (Å²) in [6.45, 7) is 3.93. The Hall–Kier alpha value is -1.20. The van der Waals surface area contributed by atoms with Gasteiger partial charge in [-0.2, -0.15) is 5.10 Å². The van der Waals surface area contributed by atoms with Gasteiger partial charge in [-0.1, -0.05) is 25.4 Å². The van der Waals surface area contributed by atoms with Gasteiger partial charge >= 0.3 is 0 Å². The predicted molar refractivity (Wildman–Crippen MR) is 73.5 cm³/mol. The Bertz CT molecular complexity index is 578. The lowest BCUT2D eigenvalue weighted by molar-refractivity contribution is 0.112. The van der Waals surface area contributed by atoms with Gasteiger partial charge in [0.15, 0.2) is 12.1 Å². The van der Waals surface area contributed by atoms with E-state index in [2.05, 4.69) is 26.0 Å². The third-order valence-corrected chi connectivity index (χ3v) is 3.32. The lowest BCUT2D eigenvalue weighted by Crippen LogP contribution is -2.00. The SMILES string of the molecule is CC(C)c1nn(-c2ccc(Br)cn2)c(Cl)c1C=O. The zero-order valence-electron chi connectivity index (χ0n) is 9.89. The molecule has 0 aliphatic heterocycles. The first kappa shape index (κ1) is 13.2. The van der Waals surface area contributed by atoms with E-state index in [-0.39, 0.29) is 5.92 Å². The van der Waals surface area contributed by atoms with Gasteiger partial charge in [-0.25, -0.2) is 9.67 Å². The van der Waals surface area contributed by atoms with Gasteiger partial charge in [-0.15, -0.1) is 0 Å². The molecule has 2 heterocycles. The number of carbonyl (C=O) groups is 1. The van der Waals surface area contributed by atoms with Crippen molar-refractivity contribution in [3.8, 4) is 5.82 Å². The number of halogens is 2. The molecule has 0 amide bonds. The molecule has 0 atom stereocenters. The molecule has 0 fully saturated rings. The molecule has 94 valence electrons. The van der Waals surface area contributed by atoms with Crippen molar-refractivity contribution in [3.63, 3.8) is 0 Å². The summed E-state index contributed by atoms with van der Waals surface area (Å²) in [6, 6.07) is 3.62. The molecule has 0 bridgehead atoms. The molecule has 0 aliphatic carbocycles. The maximum absolute atomic E-state index is 11.1. The minimum absolute atomic E-state index is 0.124. The summed E-state index contributed by atoms with van der Waals surface area (Å²) in [6.07, 6.45) is 2.39. The van der Waals surface area contributed by atoms with Crippen molar-refractivity contribution in [1.82, 2.24) is 14.8 Å². The Balaban J connectivity index is 2.58. The Kier molecular flexibility index (Phi) is 3.82. The van der Waals surface area contributed by atoms with Crippen LogP contribution in [0.25, 0.3) is 5.82 Å². The quantitative estimate of drug-likeness (QED) is 0.809. The molecule has 0 saturated heterocycles. The van der Waals surface area contributed by atoms with Crippen LogP contribution in [0.1, 0.15) is 35.8 Å². The molecule has 2 rings (SSSR count). The van der Waals surface area contributed by atoms with E-state index < -0.39 is 0 Å². The van der Waals surface area contributed by atoms with Gasteiger partial charge in [0, 0.05) is 10.7 Å². The highest BCUT2D eigenvalue weighted by atomic mass is 79.9. The van der Waals surface area contributed by atoms with Crippen LogP contribution in [0.3, 0.4) is 0 Å². The van der Waals surface area contributed by atoms with E-state index in [0.29, 0.717) is 22.2 Å². The summed E-state index contributed by atoms with van der Waals surface area (Å²) < 4.78 is 2.35. The Morgan fingerprint density at radius 3 is 2.61 bits per heavy atom. The smallest absolute Gasteiger partial charge is 0.155 e. The summed E-state index contributed by atoms with van der Waals surface area (Å²) in [7, 11) is 0. The first-order valence-electron chi connectivity index (χ1n) is 5.40. The van der Waals surface area contributed by atoms with Gasteiger partial charge in [0.25, 0.3) is 0 Å². The van der Waals surface area contributed by atoms with Crippen LogP contribution in [0.15, 0.2) is 22.8 Å². The second-order valence-corrected chi connectivity index (χ2v) is 5.38. The summed E-state index contributed by atoms with van der Waals surface area (Å²) in [5.74, 6) is 0.706. The largest absolute Gasteiger partial charge is 0.298 e. The highest BCUT2D eigenvalue weighted by molar-refractivity contribution is 9.10. The van der Waals surface area contributed by atoms with Crippen LogP contribution in [0.4, 0.5) is 0 Å². The zero-order chi connectivity index (χ0) is 13.3. The highest BCUT2D eigenvalue weighted by Gasteiger charge is 2.19. The van der Waals surface area contributed by atoms with E-state index >= 15 is 0 Å². The molecule has 0 saturated carbocycles. The number of aromatic nitrogens is 3. The number of aldehydes is 1. The molecule has 0 aliphatic rings. The van der Waals surface area contributed by atoms with E-state index in [1.807, 2.05) is 19.9 Å². The lowest BCUT2D eigenvalue weighted by atomic mass is 10.1. The summed E-state index contributed by atoms with van der Waals surface area (Å²) in [5, 5.41) is 4.65. The Labute approximate surface area is 118 Å². The maximum atomic E-state index is 11.1. The topological polar surface area (TPSA) is 47.8 Å². The van der Waals surface area contributed by atoms with Crippen molar-refractivity contribution in [1.29, 1.82) is 0 Å². The van der Waals surface area contributed by atoms with Crippen molar-refractivity contribution in [2.45, 2.75) is 19.8 Å². The highest BCUT2D eigenvalue weighted by Crippen LogP contribution is 2.26. The van der Waals surface area contributed by atoms with Gasteiger partial charge in [-0.3, -0.25) is 4.79 Å².